The van der Waals surface area contributed by atoms with E-state index in [1.54, 1.807) is 11.2 Å². The first kappa shape index (κ1) is 17.3. The van der Waals surface area contributed by atoms with Crippen LogP contribution in [0.15, 0.2) is 47.7 Å². The third-order valence-corrected chi connectivity index (χ3v) is 4.77. The molecule has 1 fully saturated rings. The molecule has 4 rings (SSSR count). The largest absolute Gasteiger partial charge is 0.345 e. The maximum Gasteiger partial charge on any atom is 0.328 e. The molecule has 27 heavy (non-hydrogen) atoms. The first-order valence-corrected chi connectivity index (χ1v) is 9.12. The van der Waals surface area contributed by atoms with Crippen molar-refractivity contribution in [2.24, 2.45) is 4.99 Å². The summed E-state index contributed by atoms with van der Waals surface area (Å²) in [5.74, 6) is 0.684. The van der Waals surface area contributed by atoms with Crippen molar-refractivity contribution in [3.63, 3.8) is 0 Å². The lowest BCUT2D eigenvalue weighted by Gasteiger charge is -2.25. The van der Waals surface area contributed by atoms with Gasteiger partial charge in [-0.05, 0) is 57.0 Å². The number of carbonyl (C=O) groups is 1. The van der Waals surface area contributed by atoms with Crippen LogP contribution in [0.1, 0.15) is 36.6 Å². The van der Waals surface area contributed by atoms with E-state index in [-0.39, 0.29) is 18.1 Å². The standard InChI is InChI=1S/C21H23N5O/c1-12(2)24-20-19(16-7-5-13(3)9-14(16)4)26(21(27)25-20)15-6-8-17-18(10-15)23-11-22-17/h5-12,19H,1-4H3,(H,22,23)(H,24,25,27). The molecule has 6 heteroatoms. The van der Waals surface area contributed by atoms with Gasteiger partial charge in [0.05, 0.1) is 17.4 Å². The Labute approximate surface area is 158 Å². The van der Waals surface area contributed by atoms with E-state index in [2.05, 4.69) is 47.3 Å². The number of aromatic amines is 1. The van der Waals surface area contributed by atoms with Crippen LogP contribution in [0.3, 0.4) is 0 Å². The number of amides is 2. The first-order chi connectivity index (χ1) is 12.9. The fraction of sp³-hybridized carbons (Fsp3) is 0.286. The van der Waals surface area contributed by atoms with Crippen molar-refractivity contribution >= 4 is 28.6 Å². The third-order valence-electron chi connectivity index (χ3n) is 4.77. The van der Waals surface area contributed by atoms with Gasteiger partial charge in [0.25, 0.3) is 0 Å². The van der Waals surface area contributed by atoms with Gasteiger partial charge in [0.15, 0.2) is 0 Å². The zero-order valence-corrected chi connectivity index (χ0v) is 15.9. The molecule has 2 heterocycles. The number of H-pyrrole nitrogens is 1. The van der Waals surface area contributed by atoms with Crippen LogP contribution >= 0.6 is 0 Å². The summed E-state index contributed by atoms with van der Waals surface area (Å²) in [4.78, 5) is 26.8. The minimum atomic E-state index is -0.281. The van der Waals surface area contributed by atoms with Gasteiger partial charge < -0.3 is 4.98 Å². The Bertz CT molecular complexity index is 1050. The van der Waals surface area contributed by atoms with Crippen LogP contribution in [0.5, 0.6) is 0 Å². The third kappa shape index (κ3) is 3.07. The van der Waals surface area contributed by atoms with Crippen LogP contribution in [0.2, 0.25) is 0 Å². The van der Waals surface area contributed by atoms with E-state index < -0.39 is 0 Å². The summed E-state index contributed by atoms with van der Waals surface area (Å²) in [6, 6.07) is 11.8. The highest BCUT2D eigenvalue weighted by molar-refractivity contribution is 6.17. The lowest BCUT2D eigenvalue weighted by Crippen LogP contribution is -2.29. The van der Waals surface area contributed by atoms with Gasteiger partial charge in [0, 0.05) is 11.7 Å². The fourth-order valence-corrected chi connectivity index (χ4v) is 3.61. The first-order valence-electron chi connectivity index (χ1n) is 9.12. The van der Waals surface area contributed by atoms with Crippen LogP contribution < -0.4 is 10.2 Å². The van der Waals surface area contributed by atoms with Crippen molar-refractivity contribution in [3.8, 4) is 0 Å². The molecule has 0 saturated carbocycles. The second-order valence-corrected chi connectivity index (χ2v) is 7.27. The number of hydrogen-bond donors (Lipinski definition) is 2. The normalized spacial score (nSPS) is 18.7. The number of hydrogen-bond acceptors (Lipinski definition) is 3. The molecule has 0 spiro atoms. The highest BCUT2D eigenvalue weighted by atomic mass is 16.2. The van der Waals surface area contributed by atoms with Crippen LogP contribution in [0, 0.1) is 13.8 Å². The number of carbonyl (C=O) groups excluding carboxylic acids is 1. The van der Waals surface area contributed by atoms with Crippen LogP contribution in [-0.4, -0.2) is 27.9 Å². The van der Waals surface area contributed by atoms with Crippen molar-refractivity contribution in [1.82, 2.24) is 15.3 Å². The molecule has 1 aliphatic rings. The number of aliphatic imine (C=N–C) groups is 1. The molecule has 138 valence electrons. The van der Waals surface area contributed by atoms with Crippen LogP contribution in [0.4, 0.5) is 10.5 Å². The molecule has 2 amide bonds. The fourth-order valence-electron chi connectivity index (χ4n) is 3.61. The van der Waals surface area contributed by atoms with E-state index in [0.29, 0.717) is 5.84 Å². The molecule has 0 radical (unpaired) electrons. The summed E-state index contributed by atoms with van der Waals surface area (Å²) < 4.78 is 0. The molecule has 0 aliphatic carbocycles. The van der Waals surface area contributed by atoms with E-state index in [9.17, 15) is 4.79 Å². The molecule has 2 aromatic carbocycles. The van der Waals surface area contributed by atoms with Gasteiger partial charge in [0.2, 0.25) is 0 Å². The molecule has 0 bridgehead atoms. The number of aryl methyl sites for hydroxylation is 2. The van der Waals surface area contributed by atoms with Crippen molar-refractivity contribution in [3.05, 3.63) is 59.4 Å². The molecule has 2 N–H and O–H groups in total. The minimum absolute atomic E-state index is 0.0855. The zero-order chi connectivity index (χ0) is 19.1. The number of rotatable bonds is 3. The number of nitrogens with zero attached hydrogens (tertiary/aromatic N) is 3. The number of benzene rings is 2. The van der Waals surface area contributed by atoms with Crippen molar-refractivity contribution in [2.75, 3.05) is 4.90 Å². The summed E-state index contributed by atoms with van der Waals surface area (Å²) in [7, 11) is 0. The number of imidazole rings is 1. The zero-order valence-electron chi connectivity index (χ0n) is 15.9. The lowest BCUT2D eigenvalue weighted by molar-refractivity contribution is 0.252. The maximum absolute atomic E-state index is 12.9. The molecular weight excluding hydrogens is 338 g/mol. The summed E-state index contributed by atoms with van der Waals surface area (Å²) in [5.41, 5.74) is 5.97. The van der Waals surface area contributed by atoms with E-state index in [1.165, 1.54) is 5.56 Å². The van der Waals surface area contributed by atoms with E-state index in [4.69, 9.17) is 4.99 Å². The molecule has 1 aliphatic heterocycles. The molecule has 1 atom stereocenters. The van der Waals surface area contributed by atoms with Gasteiger partial charge >= 0.3 is 6.03 Å². The Morgan fingerprint density at radius 3 is 2.70 bits per heavy atom. The Morgan fingerprint density at radius 1 is 1.15 bits per heavy atom. The number of fused-ring (bicyclic) bond motifs is 1. The van der Waals surface area contributed by atoms with Gasteiger partial charge in [0.1, 0.15) is 11.9 Å². The van der Waals surface area contributed by atoms with Crippen molar-refractivity contribution in [1.29, 1.82) is 0 Å². The Hall–Kier alpha value is -3.15. The Morgan fingerprint density at radius 2 is 1.96 bits per heavy atom. The van der Waals surface area contributed by atoms with E-state index >= 15 is 0 Å². The average molecular weight is 361 g/mol. The number of urea groups is 1. The predicted octanol–water partition coefficient (Wildman–Crippen LogP) is 4.26. The lowest BCUT2D eigenvalue weighted by atomic mass is 9.97. The second kappa shape index (κ2) is 6.54. The Balaban J connectivity index is 1.87. The van der Waals surface area contributed by atoms with Gasteiger partial charge in [-0.3, -0.25) is 15.2 Å². The molecule has 3 aromatic rings. The van der Waals surface area contributed by atoms with Crippen LogP contribution in [-0.2, 0) is 0 Å². The number of nitrogens with one attached hydrogen (secondary N) is 2. The molecule has 1 saturated heterocycles. The predicted molar refractivity (Wildman–Crippen MR) is 108 cm³/mol. The minimum Gasteiger partial charge on any atom is -0.345 e. The summed E-state index contributed by atoms with van der Waals surface area (Å²) in [6.07, 6.45) is 1.66. The van der Waals surface area contributed by atoms with Crippen LogP contribution in [0.25, 0.3) is 11.0 Å². The summed E-state index contributed by atoms with van der Waals surface area (Å²) in [6.45, 7) is 8.17. The van der Waals surface area contributed by atoms with E-state index in [1.807, 2.05) is 32.0 Å². The number of aromatic nitrogens is 2. The van der Waals surface area contributed by atoms with Crippen molar-refractivity contribution < 1.29 is 4.79 Å². The Kier molecular flexibility index (Phi) is 4.18. The quantitative estimate of drug-likeness (QED) is 0.731. The number of amidine groups is 1. The van der Waals surface area contributed by atoms with Gasteiger partial charge in [-0.25, -0.2) is 9.78 Å². The van der Waals surface area contributed by atoms with E-state index in [0.717, 1.165) is 27.8 Å². The monoisotopic (exact) mass is 361 g/mol. The van der Waals surface area contributed by atoms with Gasteiger partial charge in [-0.1, -0.05) is 23.8 Å². The molecule has 1 unspecified atom stereocenters. The number of anilines is 1. The molecular formula is C21H23N5O. The van der Waals surface area contributed by atoms with Crippen molar-refractivity contribution in [2.45, 2.75) is 39.8 Å². The van der Waals surface area contributed by atoms with Gasteiger partial charge in [-0.15, -0.1) is 0 Å². The average Bonchev–Trinajstić information content (AvgIpc) is 3.18. The smallest absolute Gasteiger partial charge is 0.328 e. The summed E-state index contributed by atoms with van der Waals surface area (Å²) >= 11 is 0. The molecule has 6 nitrogen and oxygen atoms in total. The van der Waals surface area contributed by atoms with Gasteiger partial charge in [-0.2, -0.15) is 0 Å². The highest BCUT2D eigenvalue weighted by Gasteiger charge is 2.39. The molecule has 1 aromatic heterocycles. The SMILES string of the molecule is Cc1ccc(C2/C(=N\C(C)C)NC(=O)N2c2ccc3[nH]cnc3c2)c(C)c1. The second-order valence-electron chi connectivity index (χ2n) is 7.27. The summed E-state index contributed by atoms with van der Waals surface area (Å²) in [5, 5.41) is 2.97. The maximum atomic E-state index is 12.9. The highest BCUT2D eigenvalue weighted by Crippen LogP contribution is 2.35. The topological polar surface area (TPSA) is 73.4 Å².